The monoisotopic (exact) mass is 673 g/mol. The molecule has 0 aliphatic carbocycles. The molecule has 49 heavy (non-hydrogen) atoms. The summed E-state index contributed by atoms with van der Waals surface area (Å²) in [6.07, 6.45) is -1.57. The van der Waals surface area contributed by atoms with E-state index in [2.05, 4.69) is 0 Å². The van der Waals surface area contributed by atoms with Crippen LogP contribution in [0.5, 0.6) is 17.2 Å². The van der Waals surface area contributed by atoms with Crippen molar-refractivity contribution >= 4 is 16.9 Å². The molecule has 10 heteroatoms. The summed E-state index contributed by atoms with van der Waals surface area (Å²) in [5, 5.41) is 14.7. The Balaban J connectivity index is 1.28. The number of benzene rings is 4. The Morgan fingerprint density at radius 3 is 2.27 bits per heavy atom. The molecule has 5 rings (SSSR count). The zero-order valence-corrected chi connectivity index (χ0v) is 28.9. The molecule has 3 unspecified atom stereocenters. The third-order valence-corrected chi connectivity index (χ3v) is 8.17. The van der Waals surface area contributed by atoms with Crippen molar-refractivity contribution in [3.63, 3.8) is 0 Å². The van der Waals surface area contributed by atoms with Crippen LogP contribution in [0.15, 0.2) is 84.9 Å². The van der Waals surface area contributed by atoms with Gasteiger partial charge in [0.25, 0.3) is 0 Å². The number of β-amino-alcohol motifs (C(OH)–C–C–N with tert-alkyl or cyclic N) is 1. The molecule has 1 N–H and O–H groups in total. The lowest BCUT2D eigenvalue weighted by molar-refractivity contribution is -0.201. The second kappa shape index (κ2) is 16.8. The highest BCUT2D eigenvalue weighted by atomic mass is 16.8. The summed E-state index contributed by atoms with van der Waals surface area (Å²) >= 11 is 0. The lowest BCUT2D eigenvalue weighted by atomic mass is 9.85. The summed E-state index contributed by atoms with van der Waals surface area (Å²) in [6.45, 7) is 7.42. The van der Waals surface area contributed by atoms with Crippen LogP contribution in [-0.4, -0.2) is 74.7 Å². The number of fused-ring (bicyclic) bond motifs is 1. The van der Waals surface area contributed by atoms with Gasteiger partial charge in [0, 0.05) is 28.7 Å². The topological polar surface area (TPSA) is 105 Å². The Hall–Kier alpha value is -4.35. The van der Waals surface area contributed by atoms with Crippen LogP contribution in [0.2, 0.25) is 0 Å². The zero-order valence-electron chi connectivity index (χ0n) is 28.9. The van der Waals surface area contributed by atoms with Crippen LogP contribution in [0, 0.1) is 0 Å². The van der Waals surface area contributed by atoms with Gasteiger partial charge in [-0.3, -0.25) is 0 Å². The fourth-order valence-corrected chi connectivity index (χ4v) is 5.99. The van der Waals surface area contributed by atoms with Crippen molar-refractivity contribution in [2.45, 2.75) is 64.1 Å². The van der Waals surface area contributed by atoms with E-state index in [-0.39, 0.29) is 19.7 Å². The number of aliphatic hydroxyl groups is 1. The minimum Gasteiger partial charge on any atom is -0.496 e. The molecule has 1 aliphatic heterocycles. The zero-order chi connectivity index (χ0) is 34.8. The lowest BCUT2D eigenvalue weighted by Crippen LogP contribution is -2.52. The molecule has 262 valence electrons. The fourth-order valence-electron chi connectivity index (χ4n) is 5.99. The van der Waals surface area contributed by atoms with E-state index in [9.17, 15) is 9.90 Å². The molecular formula is C39H47NO9. The van der Waals surface area contributed by atoms with Crippen LogP contribution < -0.4 is 14.2 Å². The van der Waals surface area contributed by atoms with Crippen LogP contribution in [0.25, 0.3) is 10.8 Å². The van der Waals surface area contributed by atoms with Crippen molar-refractivity contribution in [1.82, 2.24) is 5.06 Å². The second-order valence-corrected chi connectivity index (χ2v) is 13.0. The first-order chi connectivity index (χ1) is 23.6. The maximum Gasteiger partial charge on any atom is 0.528 e. The van der Waals surface area contributed by atoms with Crippen molar-refractivity contribution in [2.24, 2.45) is 0 Å². The highest BCUT2D eigenvalue weighted by Crippen LogP contribution is 2.38. The SMILES string of the molecule is COc1cc(COC2CN(OC(=O)OC(C)(C)C)CC(O)C2c2ccc(OCCCOCc3ccccc3)cc2)c(OC)c2ccccc12. The van der Waals surface area contributed by atoms with Crippen LogP contribution >= 0.6 is 0 Å². The van der Waals surface area contributed by atoms with E-state index in [1.54, 1.807) is 35.0 Å². The third-order valence-electron chi connectivity index (χ3n) is 8.17. The number of ether oxygens (including phenoxy) is 6. The van der Waals surface area contributed by atoms with Gasteiger partial charge in [-0.25, -0.2) is 4.79 Å². The van der Waals surface area contributed by atoms with Crippen molar-refractivity contribution < 1.29 is 43.2 Å². The van der Waals surface area contributed by atoms with E-state index in [1.165, 1.54) is 5.06 Å². The average molecular weight is 674 g/mol. The standard InChI is InChI=1S/C39H47NO9/c1-39(2,3)48-38(42)49-40-23-33(41)36(28-16-18-30(19-17-28)46-21-11-20-45-25-27-12-7-6-8-13-27)35(24-40)47-26-29-22-34(43-4)31-14-9-10-15-32(31)37(29)44-5/h6-10,12-19,22,33,35-36,41H,11,20-21,23-26H2,1-5H3. The van der Waals surface area contributed by atoms with E-state index in [0.717, 1.165) is 39.6 Å². The first-order valence-corrected chi connectivity index (χ1v) is 16.6. The Bertz CT molecular complexity index is 1640. The number of piperidine rings is 1. The maximum absolute atomic E-state index is 12.5. The molecule has 0 saturated carbocycles. The smallest absolute Gasteiger partial charge is 0.496 e. The van der Waals surface area contributed by atoms with Gasteiger partial charge in [0.2, 0.25) is 0 Å². The normalized spacial score (nSPS) is 18.2. The molecule has 0 aromatic heterocycles. The molecule has 0 bridgehead atoms. The van der Waals surface area contributed by atoms with E-state index in [1.807, 2.05) is 84.9 Å². The van der Waals surface area contributed by atoms with Gasteiger partial charge in [0.15, 0.2) is 0 Å². The van der Waals surface area contributed by atoms with Crippen molar-refractivity contribution in [1.29, 1.82) is 0 Å². The van der Waals surface area contributed by atoms with Gasteiger partial charge in [-0.1, -0.05) is 66.7 Å². The Labute approximate surface area is 288 Å². The Morgan fingerprint density at radius 2 is 1.57 bits per heavy atom. The first kappa shape index (κ1) is 35.9. The van der Waals surface area contributed by atoms with Crippen molar-refractivity contribution in [2.75, 3.05) is 40.5 Å². The number of methoxy groups -OCH3 is 2. The molecule has 1 aliphatic rings. The number of rotatable bonds is 14. The molecule has 4 aromatic carbocycles. The molecule has 1 heterocycles. The number of nitrogens with zero attached hydrogens (tertiary/aromatic N) is 1. The van der Waals surface area contributed by atoms with E-state index >= 15 is 0 Å². The van der Waals surface area contributed by atoms with Gasteiger partial charge in [0.1, 0.15) is 22.8 Å². The highest BCUT2D eigenvalue weighted by molar-refractivity contribution is 5.94. The number of carbonyl (C=O) groups is 1. The van der Waals surface area contributed by atoms with E-state index in [0.29, 0.717) is 31.3 Å². The summed E-state index contributed by atoms with van der Waals surface area (Å²) in [4.78, 5) is 18.1. The van der Waals surface area contributed by atoms with Gasteiger partial charge < -0.3 is 38.4 Å². The number of aliphatic hydroxyl groups excluding tert-OH is 1. The fraction of sp³-hybridized carbons (Fsp3) is 0.410. The van der Waals surface area contributed by atoms with E-state index in [4.69, 9.17) is 33.3 Å². The summed E-state index contributed by atoms with van der Waals surface area (Å²) in [5.41, 5.74) is 2.07. The molecular weight excluding hydrogens is 626 g/mol. The van der Waals surface area contributed by atoms with Gasteiger partial charge in [-0.05, 0) is 50.1 Å². The number of hydrogen-bond acceptors (Lipinski definition) is 10. The molecule has 0 spiro atoms. The maximum atomic E-state index is 12.5. The molecule has 3 atom stereocenters. The predicted octanol–water partition coefficient (Wildman–Crippen LogP) is 7.05. The third kappa shape index (κ3) is 9.86. The molecule has 0 amide bonds. The van der Waals surface area contributed by atoms with E-state index < -0.39 is 29.9 Å². The number of carbonyl (C=O) groups excluding carboxylic acids is 1. The minimum absolute atomic E-state index is 0.0815. The second-order valence-electron chi connectivity index (χ2n) is 13.0. The molecule has 1 fully saturated rings. The number of hydrogen-bond donors (Lipinski definition) is 1. The number of hydroxylamine groups is 2. The van der Waals surface area contributed by atoms with Crippen LogP contribution in [0.3, 0.4) is 0 Å². The average Bonchev–Trinajstić information content (AvgIpc) is 3.08. The predicted molar refractivity (Wildman–Crippen MR) is 186 cm³/mol. The quantitative estimate of drug-likeness (QED) is 0.111. The molecule has 10 nitrogen and oxygen atoms in total. The van der Waals surface area contributed by atoms with Crippen LogP contribution in [0.1, 0.15) is 49.8 Å². The van der Waals surface area contributed by atoms with Crippen molar-refractivity contribution in [3.05, 3.63) is 102 Å². The first-order valence-electron chi connectivity index (χ1n) is 16.6. The molecule has 1 saturated heterocycles. The van der Waals surface area contributed by atoms with Gasteiger partial charge in [-0.2, -0.15) is 0 Å². The summed E-state index contributed by atoms with van der Waals surface area (Å²) in [7, 11) is 3.26. The lowest BCUT2D eigenvalue weighted by Gasteiger charge is -2.40. The summed E-state index contributed by atoms with van der Waals surface area (Å²) in [6, 6.07) is 27.5. The molecule has 4 aromatic rings. The van der Waals surface area contributed by atoms with Gasteiger partial charge in [0.05, 0.1) is 65.9 Å². The Kier molecular flexibility index (Phi) is 12.4. The minimum atomic E-state index is -0.914. The van der Waals surface area contributed by atoms with Crippen LogP contribution in [-0.2, 0) is 32.3 Å². The van der Waals surface area contributed by atoms with Crippen molar-refractivity contribution in [3.8, 4) is 17.2 Å². The highest BCUT2D eigenvalue weighted by Gasteiger charge is 2.40. The summed E-state index contributed by atoms with van der Waals surface area (Å²) in [5.74, 6) is 1.67. The van der Waals surface area contributed by atoms with Crippen LogP contribution in [0.4, 0.5) is 4.79 Å². The molecule has 0 radical (unpaired) electrons. The summed E-state index contributed by atoms with van der Waals surface area (Å²) < 4.78 is 35.2. The van der Waals surface area contributed by atoms with Gasteiger partial charge >= 0.3 is 6.16 Å². The Morgan fingerprint density at radius 1 is 0.857 bits per heavy atom. The van der Waals surface area contributed by atoms with Gasteiger partial charge in [-0.15, -0.1) is 5.06 Å². The largest absolute Gasteiger partial charge is 0.528 e.